The molecule has 6 heteroatoms. The quantitative estimate of drug-likeness (QED) is 0.526. The summed E-state index contributed by atoms with van der Waals surface area (Å²) in [5, 5.41) is 0. The molecule has 0 fully saturated rings. The SMILES string of the molecule is CCOc1c(Br)c(Br)c(OCC)c(Br)c1Br. The van der Waals surface area contributed by atoms with Crippen LogP contribution in [0.2, 0.25) is 0 Å². The van der Waals surface area contributed by atoms with Crippen molar-refractivity contribution in [2.75, 3.05) is 13.2 Å². The van der Waals surface area contributed by atoms with Gasteiger partial charge in [-0.2, -0.15) is 0 Å². The number of hydrogen-bond acceptors (Lipinski definition) is 2. The second-order valence-corrected chi connectivity index (χ2v) is 5.95. The predicted octanol–water partition coefficient (Wildman–Crippen LogP) is 5.53. The van der Waals surface area contributed by atoms with Crippen LogP contribution in [0, 0.1) is 0 Å². The lowest BCUT2D eigenvalue weighted by atomic mass is 10.3. The van der Waals surface area contributed by atoms with E-state index in [9.17, 15) is 0 Å². The van der Waals surface area contributed by atoms with Crippen LogP contribution in [-0.2, 0) is 0 Å². The summed E-state index contributed by atoms with van der Waals surface area (Å²) >= 11 is 13.9. The Hall–Kier alpha value is 0.740. The molecule has 0 aliphatic heterocycles. The third-order valence-corrected chi connectivity index (χ3v) is 5.85. The van der Waals surface area contributed by atoms with Crippen LogP contribution in [0.25, 0.3) is 0 Å². The standard InChI is InChI=1S/C10H10Br4O2/c1-3-15-9-5(11)7(13)10(16-4-2)8(14)6(9)12/h3-4H2,1-2H3. The molecule has 1 rings (SSSR count). The first-order valence-electron chi connectivity index (χ1n) is 4.66. The van der Waals surface area contributed by atoms with E-state index in [0.29, 0.717) is 13.2 Å². The summed E-state index contributed by atoms with van der Waals surface area (Å²) in [5.41, 5.74) is 0. The molecule has 90 valence electrons. The van der Waals surface area contributed by atoms with Gasteiger partial charge in [0.1, 0.15) is 11.5 Å². The summed E-state index contributed by atoms with van der Waals surface area (Å²) in [5.74, 6) is 1.51. The summed E-state index contributed by atoms with van der Waals surface area (Å²) in [6.45, 7) is 5.09. The van der Waals surface area contributed by atoms with Crippen molar-refractivity contribution in [1.82, 2.24) is 0 Å². The fourth-order valence-electron chi connectivity index (χ4n) is 1.13. The average molecular weight is 482 g/mol. The van der Waals surface area contributed by atoms with Crippen LogP contribution in [0.15, 0.2) is 17.9 Å². The Kier molecular flexibility index (Phi) is 6.12. The van der Waals surface area contributed by atoms with Gasteiger partial charge in [0, 0.05) is 0 Å². The van der Waals surface area contributed by atoms with Gasteiger partial charge in [-0.25, -0.2) is 0 Å². The van der Waals surface area contributed by atoms with Gasteiger partial charge in [0.05, 0.1) is 31.1 Å². The van der Waals surface area contributed by atoms with Crippen molar-refractivity contribution in [1.29, 1.82) is 0 Å². The lowest BCUT2D eigenvalue weighted by Gasteiger charge is -2.16. The highest BCUT2D eigenvalue weighted by atomic mass is 79.9. The molecule has 0 atom stereocenters. The first kappa shape index (κ1) is 14.8. The van der Waals surface area contributed by atoms with Gasteiger partial charge in [-0.05, 0) is 77.6 Å². The molecular formula is C10H10Br4O2. The van der Waals surface area contributed by atoms with E-state index in [1.165, 1.54) is 0 Å². The van der Waals surface area contributed by atoms with E-state index in [1.807, 2.05) is 13.8 Å². The van der Waals surface area contributed by atoms with Gasteiger partial charge in [-0.3, -0.25) is 0 Å². The Morgan fingerprint density at radius 1 is 0.688 bits per heavy atom. The lowest BCUT2D eigenvalue weighted by Crippen LogP contribution is -1.99. The molecule has 1 aromatic rings. The molecular weight excluding hydrogens is 472 g/mol. The Morgan fingerprint density at radius 2 is 0.938 bits per heavy atom. The zero-order valence-corrected chi connectivity index (χ0v) is 15.1. The molecule has 0 radical (unpaired) electrons. The third kappa shape index (κ3) is 2.94. The summed E-state index contributed by atoms with van der Waals surface area (Å²) in [6, 6.07) is 0. The molecule has 0 aliphatic rings. The van der Waals surface area contributed by atoms with Crippen molar-refractivity contribution in [3.05, 3.63) is 17.9 Å². The summed E-state index contributed by atoms with van der Waals surface area (Å²) in [7, 11) is 0. The Labute approximate surface area is 129 Å². The third-order valence-electron chi connectivity index (χ3n) is 1.76. The van der Waals surface area contributed by atoms with Crippen molar-refractivity contribution < 1.29 is 9.47 Å². The fraction of sp³-hybridized carbons (Fsp3) is 0.400. The van der Waals surface area contributed by atoms with Crippen molar-refractivity contribution >= 4 is 63.7 Å². The molecule has 16 heavy (non-hydrogen) atoms. The molecule has 0 spiro atoms. The first-order chi connectivity index (χ1) is 7.54. The molecule has 0 saturated heterocycles. The molecule has 0 saturated carbocycles. The van der Waals surface area contributed by atoms with Crippen molar-refractivity contribution in [2.24, 2.45) is 0 Å². The van der Waals surface area contributed by atoms with Crippen LogP contribution >= 0.6 is 63.7 Å². The first-order valence-corrected chi connectivity index (χ1v) is 7.83. The van der Waals surface area contributed by atoms with Gasteiger partial charge in [0.2, 0.25) is 0 Å². The van der Waals surface area contributed by atoms with Crippen molar-refractivity contribution in [2.45, 2.75) is 13.8 Å². The van der Waals surface area contributed by atoms with E-state index in [1.54, 1.807) is 0 Å². The molecule has 2 nitrogen and oxygen atoms in total. The molecule has 0 heterocycles. The van der Waals surface area contributed by atoms with E-state index in [4.69, 9.17) is 9.47 Å². The Balaban J connectivity index is 3.37. The highest BCUT2D eigenvalue weighted by Gasteiger charge is 2.20. The van der Waals surface area contributed by atoms with Crippen LogP contribution in [0.1, 0.15) is 13.8 Å². The van der Waals surface area contributed by atoms with Crippen LogP contribution in [-0.4, -0.2) is 13.2 Å². The lowest BCUT2D eigenvalue weighted by molar-refractivity contribution is 0.323. The highest BCUT2D eigenvalue weighted by molar-refractivity contribution is 9.14. The minimum absolute atomic E-state index is 0.601. The molecule has 0 bridgehead atoms. The molecule has 0 unspecified atom stereocenters. The minimum Gasteiger partial charge on any atom is -0.491 e. The largest absolute Gasteiger partial charge is 0.491 e. The number of hydrogen-bond donors (Lipinski definition) is 0. The van der Waals surface area contributed by atoms with Crippen LogP contribution in [0.4, 0.5) is 0 Å². The summed E-state index contributed by atoms with van der Waals surface area (Å²) in [6.07, 6.45) is 0. The van der Waals surface area contributed by atoms with E-state index in [-0.39, 0.29) is 0 Å². The molecule has 0 N–H and O–H groups in total. The maximum atomic E-state index is 5.55. The number of ether oxygens (including phenoxy) is 2. The van der Waals surface area contributed by atoms with Crippen LogP contribution < -0.4 is 9.47 Å². The average Bonchev–Trinajstić information content (AvgIpc) is 2.28. The molecule has 0 aliphatic carbocycles. The van der Waals surface area contributed by atoms with Gasteiger partial charge in [-0.15, -0.1) is 0 Å². The van der Waals surface area contributed by atoms with Gasteiger partial charge < -0.3 is 9.47 Å². The van der Waals surface area contributed by atoms with Crippen molar-refractivity contribution in [3.63, 3.8) is 0 Å². The smallest absolute Gasteiger partial charge is 0.150 e. The van der Waals surface area contributed by atoms with E-state index < -0.39 is 0 Å². The van der Waals surface area contributed by atoms with Crippen LogP contribution in [0.3, 0.4) is 0 Å². The highest BCUT2D eigenvalue weighted by Crippen LogP contribution is 2.50. The zero-order chi connectivity index (χ0) is 12.3. The van der Waals surface area contributed by atoms with E-state index >= 15 is 0 Å². The molecule has 0 aromatic heterocycles. The maximum absolute atomic E-state index is 5.55. The number of halogens is 4. The van der Waals surface area contributed by atoms with Crippen LogP contribution in [0.5, 0.6) is 11.5 Å². The Bertz CT molecular complexity index is 327. The molecule has 0 amide bonds. The second-order valence-electron chi connectivity index (χ2n) is 2.78. The number of benzene rings is 1. The maximum Gasteiger partial charge on any atom is 0.150 e. The Morgan fingerprint density at radius 3 is 1.12 bits per heavy atom. The normalized spacial score (nSPS) is 10.4. The monoisotopic (exact) mass is 478 g/mol. The topological polar surface area (TPSA) is 18.5 Å². The molecule has 1 aromatic carbocycles. The minimum atomic E-state index is 0.601. The zero-order valence-electron chi connectivity index (χ0n) is 8.74. The van der Waals surface area contributed by atoms with Gasteiger partial charge in [-0.1, -0.05) is 0 Å². The number of rotatable bonds is 4. The summed E-state index contributed by atoms with van der Waals surface area (Å²) < 4.78 is 14.5. The predicted molar refractivity (Wildman–Crippen MR) is 79.6 cm³/mol. The summed E-state index contributed by atoms with van der Waals surface area (Å²) in [4.78, 5) is 0. The van der Waals surface area contributed by atoms with Gasteiger partial charge in [0.25, 0.3) is 0 Å². The van der Waals surface area contributed by atoms with E-state index in [2.05, 4.69) is 63.7 Å². The van der Waals surface area contributed by atoms with Crippen molar-refractivity contribution in [3.8, 4) is 11.5 Å². The second kappa shape index (κ2) is 6.61. The van der Waals surface area contributed by atoms with Gasteiger partial charge in [0.15, 0.2) is 0 Å². The van der Waals surface area contributed by atoms with E-state index in [0.717, 1.165) is 29.4 Å². The fourth-order valence-corrected chi connectivity index (χ4v) is 3.64. The van der Waals surface area contributed by atoms with Gasteiger partial charge >= 0.3 is 0 Å².